The number of halogens is 1. The third-order valence-electron chi connectivity index (χ3n) is 3.29. The highest BCUT2D eigenvalue weighted by Gasteiger charge is 2.39. The predicted molar refractivity (Wildman–Crippen MR) is 67.9 cm³/mol. The third-order valence-corrected chi connectivity index (χ3v) is 3.53. The fourth-order valence-electron chi connectivity index (χ4n) is 2.10. The minimum Gasteiger partial charge on any atom is -0.496 e. The molecule has 3 nitrogen and oxygen atoms in total. The summed E-state index contributed by atoms with van der Waals surface area (Å²) in [6, 6.07) is 5.09. The highest BCUT2D eigenvalue weighted by atomic mass is 35.5. The molecule has 4 heteroatoms. The van der Waals surface area contributed by atoms with Gasteiger partial charge in [-0.1, -0.05) is 25.4 Å². The molecule has 0 aliphatic carbocycles. The van der Waals surface area contributed by atoms with Crippen molar-refractivity contribution >= 4 is 17.6 Å². The van der Waals surface area contributed by atoms with E-state index in [0.717, 1.165) is 0 Å². The lowest BCUT2D eigenvalue weighted by atomic mass is 9.75. The number of carbonyl (C=O) groups is 1. The molecule has 1 aromatic rings. The molecule has 0 atom stereocenters. The first-order valence-electron chi connectivity index (χ1n) is 5.59. The molecule has 94 valence electrons. The quantitative estimate of drug-likeness (QED) is 0.877. The Morgan fingerprint density at radius 2 is 2.00 bits per heavy atom. The van der Waals surface area contributed by atoms with Crippen molar-refractivity contribution < 1.29 is 14.6 Å². The Balaban J connectivity index is 3.46. The van der Waals surface area contributed by atoms with Crippen molar-refractivity contribution in [1.82, 2.24) is 0 Å². The number of methoxy groups -OCH3 is 1. The summed E-state index contributed by atoms with van der Waals surface area (Å²) < 4.78 is 5.24. The lowest BCUT2D eigenvalue weighted by Crippen LogP contribution is -2.34. The van der Waals surface area contributed by atoms with E-state index in [1.54, 1.807) is 18.2 Å². The molecule has 0 amide bonds. The van der Waals surface area contributed by atoms with Crippen molar-refractivity contribution in [3.05, 3.63) is 28.8 Å². The van der Waals surface area contributed by atoms with Crippen molar-refractivity contribution in [2.45, 2.75) is 32.1 Å². The summed E-state index contributed by atoms with van der Waals surface area (Å²) in [7, 11) is 1.53. The van der Waals surface area contributed by atoms with E-state index in [1.807, 2.05) is 13.8 Å². The summed E-state index contributed by atoms with van der Waals surface area (Å²) in [5.41, 5.74) is -0.291. The van der Waals surface area contributed by atoms with Crippen LogP contribution in [0.3, 0.4) is 0 Å². The Bertz CT molecular complexity index is 411. The summed E-state index contributed by atoms with van der Waals surface area (Å²) in [5.74, 6) is -0.274. The molecular formula is C13H17ClO3. The molecule has 0 aromatic heterocycles. The fourth-order valence-corrected chi connectivity index (χ4v) is 2.27. The molecule has 0 aliphatic heterocycles. The maximum Gasteiger partial charge on any atom is 0.314 e. The number of carboxylic acids is 1. The summed E-state index contributed by atoms with van der Waals surface area (Å²) >= 11 is 5.95. The molecule has 0 saturated heterocycles. The van der Waals surface area contributed by atoms with Crippen molar-refractivity contribution in [2.75, 3.05) is 7.11 Å². The van der Waals surface area contributed by atoms with Gasteiger partial charge in [0.25, 0.3) is 0 Å². The highest BCUT2D eigenvalue weighted by Crippen LogP contribution is 2.39. The van der Waals surface area contributed by atoms with E-state index in [2.05, 4.69) is 0 Å². The first kappa shape index (κ1) is 13.8. The average molecular weight is 257 g/mol. The number of aliphatic carboxylic acids is 1. The van der Waals surface area contributed by atoms with Gasteiger partial charge >= 0.3 is 5.97 Å². The summed E-state index contributed by atoms with van der Waals surface area (Å²) in [5, 5.41) is 10.0. The van der Waals surface area contributed by atoms with Crippen LogP contribution in [0.5, 0.6) is 5.75 Å². The zero-order valence-corrected chi connectivity index (χ0v) is 11.0. The average Bonchev–Trinajstić information content (AvgIpc) is 2.31. The van der Waals surface area contributed by atoms with Gasteiger partial charge in [0, 0.05) is 10.6 Å². The van der Waals surface area contributed by atoms with Crippen LogP contribution in [0.25, 0.3) is 0 Å². The van der Waals surface area contributed by atoms with E-state index >= 15 is 0 Å². The molecule has 1 aromatic carbocycles. The molecule has 0 spiro atoms. The van der Waals surface area contributed by atoms with Crippen LogP contribution in [-0.2, 0) is 10.2 Å². The normalized spacial score (nSPS) is 11.3. The van der Waals surface area contributed by atoms with Crippen molar-refractivity contribution in [2.24, 2.45) is 0 Å². The van der Waals surface area contributed by atoms with Crippen LogP contribution in [0.1, 0.15) is 32.3 Å². The van der Waals surface area contributed by atoms with Crippen LogP contribution in [0.15, 0.2) is 18.2 Å². The fraction of sp³-hybridized carbons (Fsp3) is 0.462. The van der Waals surface area contributed by atoms with Crippen LogP contribution in [0, 0.1) is 0 Å². The second kappa shape index (κ2) is 5.41. The number of hydrogen-bond donors (Lipinski definition) is 1. The second-order valence-electron chi connectivity index (χ2n) is 3.94. The molecule has 0 bridgehead atoms. The van der Waals surface area contributed by atoms with Crippen molar-refractivity contribution in [3.8, 4) is 5.75 Å². The lowest BCUT2D eigenvalue weighted by Gasteiger charge is -2.29. The lowest BCUT2D eigenvalue weighted by molar-refractivity contribution is -0.144. The van der Waals surface area contributed by atoms with Crippen LogP contribution >= 0.6 is 11.6 Å². The third kappa shape index (κ3) is 2.39. The topological polar surface area (TPSA) is 46.5 Å². The largest absolute Gasteiger partial charge is 0.496 e. The molecule has 0 radical (unpaired) electrons. The molecule has 0 fully saturated rings. The minimum absolute atomic E-state index is 0.496. The van der Waals surface area contributed by atoms with Gasteiger partial charge in [-0.3, -0.25) is 4.79 Å². The SMILES string of the molecule is CCC(CC)(C(=O)O)c1cc(Cl)ccc1OC. The first-order valence-corrected chi connectivity index (χ1v) is 5.97. The van der Waals surface area contributed by atoms with Gasteiger partial charge in [-0.15, -0.1) is 0 Å². The van der Waals surface area contributed by atoms with Gasteiger partial charge in [-0.05, 0) is 31.0 Å². The maximum atomic E-state index is 11.6. The van der Waals surface area contributed by atoms with Crippen LogP contribution < -0.4 is 4.74 Å². The molecule has 17 heavy (non-hydrogen) atoms. The number of hydrogen-bond acceptors (Lipinski definition) is 2. The van der Waals surface area contributed by atoms with Gasteiger partial charge in [0.2, 0.25) is 0 Å². The van der Waals surface area contributed by atoms with Gasteiger partial charge in [-0.2, -0.15) is 0 Å². The molecule has 1 rings (SSSR count). The molecule has 0 aliphatic rings. The molecule has 0 unspecified atom stereocenters. The molecule has 0 heterocycles. The van der Waals surface area contributed by atoms with Gasteiger partial charge in [0.1, 0.15) is 5.75 Å². The number of ether oxygens (including phenoxy) is 1. The molecule has 1 N–H and O–H groups in total. The number of carboxylic acid groups (broad SMARTS) is 1. The Morgan fingerprint density at radius 1 is 1.41 bits per heavy atom. The minimum atomic E-state index is -0.934. The zero-order valence-electron chi connectivity index (χ0n) is 10.3. The monoisotopic (exact) mass is 256 g/mol. The smallest absolute Gasteiger partial charge is 0.314 e. The predicted octanol–water partition coefficient (Wildman–Crippen LogP) is 3.49. The first-order chi connectivity index (χ1) is 8.01. The van der Waals surface area contributed by atoms with Gasteiger partial charge in [0.05, 0.1) is 12.5 Å². The molecular weight excluding hydrogens is 240 g/mol. The highest BCUT2D eigenvalue weighted by molar-refractivity contribution is 6.30. The van der Waals surface area contributed by atoms with E-state index in [9.17, 15) is 9.90 Å². The number of benzene rings is 1. The van der Waals surface area contributed by atoms with E-state index < -0.39 is 11.4 Å². The molecule has 0 saturated carbocycles. The zero-order chi connectivity index (χ0) is 13.1. The van der Waals surface area contributed by atoms with Gasteiger partial charge in [0.15, 0.2) is 0 Å². The summed E-state index contributed by atoms with van der Waals surface area (Å²) in [6.07, 6.45) is 0.991. The second-order valence-corrected chi connectivity index (χ2v) is 4.38. The number of rotatable bonds is 5. The van der Waals surface area contributed by atoms with Crippen LogP contribution in [-0.4, -0.2) is 18.2 Å². The Hall–Kier alpha value is -1.22. The van der Waals surface area contributed by atoms with E-state index in [4.69, 9.17) is 16.3 Å². The Kier molecular flexibility index (Phi) is 4.40. The van der Waals surface area contributed by atoms with Crippen LogP contribution in [0.4, 0.5) is 0 Å². The Morgan fingerprint density at radius 3 is 2.41 bits per heavy atom. The summed E-state index contributed by atoms with van der Waals surface area (Å²) in [4.78, 5) is 11.6. The van der Waals surface area contributed by atoms with Crippen molar-refractivity contribution in [3.63, 3.8) is 0 Å². The van der Waals surface area contributed by atoms with Crippen LogP contribution in [0.2, 0.25) is 5.02 Å². The van der Waals surface area contributed by atoms with E-state index in [0.29, 0.717) is 29.2 Å². The maximum absolute atomic E-state index is 11.6. The van der Waals surface area contributed by atoms with Gasteiger partial charge < -0.3 is 9.84 Å². The van der Waals surface area contributed by atoms with E-state index in [-0.39, 0.29) is 0 Å². The standard InChI is InChI=1S/C13H17ClO3/c1-4-13(5-2,12(15)16)10-8-9(14)6-7-11(10)17-3/h6-8H,4-5H2,1-3H3,(H,15,16). The Labute approximate surface area is 106 Å². The van der Waals surface area contributed by atoms with Crippen molar-refractivity contribution in [1.29, 1.82) is 0 Å². The van der Waals surface area contributed by atoms with E-state index in [1.165, 1.54) is 7.11 Å². The summed E-state index contributed by atoms with van der Waals surface area (Å²) in [6.45, 7) is 3.72. The van der Waals surface area contributed by atoms with Gasteiger partial charge in [-0.25, -0.2) is 0 Å².